The Labute approximate surface area is 140 Å². The lowest BCUT2D eigenvalue weighted by atomic mass is 9.93. The molecule has 0 spiro atoms. The van der Waals surface area contributed by atoms with E-state index in [0.717, 1.165) is 18.4 Å². The van der Waals surface area contributed by atoms with E-state index in [9.17, 15) is 0 Å². The van der Waals surface area contributed by atoms with Gasteiger partial charge in [0.25, 0.3) is 0 Å². The van der Waals surface area contributed by atoms with Crippen LogP contribution in [-0.2, 0) is 12.8 Å². The van der Waals surface area contributed by atoms with Gasteiger partial charge in [0.15, 0.2) is 0 Å². The molecule has 0 atom stereocenters. The molecule has 1 aliphatic rings. The zero-order valence-corrected chi connectivity index (χ0v) is 13.5. The van der Waals surface area contributed by atoms with Crippen molar-refractivity contribution in [1.82, 2.24) is 9.66 Å². The van der Waals surface area contributed by atoms with Crippen LogP contribution in [0.2, 0.25) is 0 Å². The summed E-state index contributed by atoms with van der Waals surface area (Å²) in [7, 11) is 0. The third kappa shape index (κ3) is 2.08. The highest BCUT2D eigenvalue weighted by molar-refractivity contribution is 5.94. The van der Waals surface area contributed by atoms with E-state index in [1.807, 2.05) is 0 Å². The Kier molecular flexibility index (Phi) is 3.05. The standard InChI is InChI=1S/C21H19N3/c1-6-12-20-15(7-1)13-14-24(20)23-21-16-8-2-4-10-18(16)22-19-11-5-3-9-17(19)21/h1-2,4,6-8,10,12-14H,3,5,9,11H2,(H,22,23). The van der Waals surface area contributed by atoms with Crippen molar-refractivity contribution in [1.29, 1.82) is 0 Å². The van der Waals surface area contributed by atoms with E-state index in [2.05, 4.69) is 70.9 Å². The maximum atomic E-state index is 4.92. The van der Waals surface area contributed by atoms with Gasteiger partial charge < -0.3 is 0 Å². The van der Waals surface area contributed by atoms with Crippen LogP contribution in [0.1, 0.15) is 24.1 Å². The van der Waals surface area contributed by atoms with E-state index in [-0.39, 0.29) is 0 Å². The number of benzene rings is 2. The van der Waals surface area contributed by atoms with Gasteiger partial charge >= 0.3 is 0 Å². The van der Waals surface area contributed by atoms with Crippen LogP contribution >= 0.6 is 0 Å². The quantitative estimate of drug-likeness (QED) is 0.568. The molecule has 0 radical (unpaired) electrons. The van der Waals surface area contributed by atoms with Crippen LogP contribution in [0.4, 0.5) is 5.69 Å². The molecule has 2 aromatic heterocycles. The molecule has 0 amide bonds. The number of anilines is 1. The van der Waals surface area contributed by atoms with Crippen LogP contribution in [0.15, 0.2) is 60.8 Å². The third-order valence-corrected chi connectivity index (χ3v) is 5.00. The molecule has 2 heterocycles. The Balaban J connectivity index is 1.73. The maximum absolute atomic E-state index is 4.92. The predicted molar refractivity (Wildman–Crippen MR) is 99.3 cm³/mol. The number of hydrogen-bond acceptors (Lipinski definition) is 2. The van der Waals surface area contributed by atoms with E-state index < -0.39 is 0 Å². The predicted octanol–water partition coefficient (Wildman–Crippen LogP) is 4.94. The van der Waals surface area contributed by atoms with Gasteiger partial charge in [-0.25, -0.2) is 0 Å². The molecule has 118 valence electrons. The molecular weight excluding hydrogens is 294 g/mol. The van der Waals surface area contributed by atoms with Crippen LogP contribution < -0.4 is 5.43 Å². The van der Waals surface area contributed by atoms with Crippen molar-refractivity contribution in [3.8, 4) is 0 Å². The minimum absolute atomic E-state index is 1.08. The molecule has 3 nitrogen and oxygen atoms in total. The number of rotatable bonds is 2. The Morgan fingerprint density at radius 3 is 2.71 bits per heavy atom. The topological polar surface area (TPSA) is 29.9 Å². The summed E-state index contributed by atoms with van der Waals surface area (Å²) in [6.07, 6.45) is 6.78. The van der Waals surface area contributed by atoms with Gasteiger partial charge in [0.2, 0.25) is 0 Å². The molecule has 3 heteroatoms. The second-order valence-electron chi connectivity index (χ2n) is 6.49. The summed E-state index contributed by atoms with van der Waals surface area (Å²) in [6, 6.07) is 19.1. The molecule has 5 rings (SSSR count). The Morgan fingerprint density at radius 2 is 1.71 bits per heavy atom. The minimum atomic E-state index is 1.08. The number of aryl methyl sites for hydroxylation is 1. The van der Waals surface area contributed by atoms with Gasteiger partial charge in [0, 0.05) is 22.7 Å². The molecule has 0 bridgehead atoms. The molecule has 24 heavy (non-hydrogen) atoms. The molecule has 1 N–H and O–H groups in total. The second-order valence-corrected chi connectivity index (χ2v) is 6.49. The SMILES string of the molecule is c1ccc2c(c1)ccn2Nc1c2c(nc3ccccc13)CCCC2. The fourth-order valence-corrected chi connectivity index (χ4v) is 3.80. The minimum Gasteiger partial charge on any atom is -0.293 e. The van der Waals surface area contributed by atoms with Crippen LogP contribution in [0, 0.1) is 0 Å². The van der Waals surface area contributed by atoms with Gasteiger partial charge in [0.05, 0.1) is 16.7 Å². The van der Waals surface area contributed by atoms with Gasteiger partial charge in [-0.15, -0.1) is 0 Å². The van der Waals surface area contributed by atoms with E-state index in [0.29, 0.717) is 0 Å². The smallest absolute Gasteiger partial charge is 0.0726 e. The van der Waals surface area contributed by atoms with Crippen LogP contribution in [-0.4, -0.2) is 9.66 Å². The zero-order valence-electron chi connectivity index (χ0n) is 13.5. The monoisotopic (exact) mass is 313 g/mol. The second kappa shape index (κ2) is 5.38. The van der Waals surface area contributed by atoms with Crippen molar-refractivity contribution in [2.45, 2.75) is 25.7 Å². The first-order valence-electron chi connectivity index (χ1n) is 8.64. The summed E-state index contributed by atoms with van der Waals surface area (Å²) in [6.45, 7) is 0. The third-order valence-electron chi connectivity index (χ3n) is 5.00. The van der Waals surface area contributed by atoms with Crippen molar-refractivity contribution in [2.24, 2.45) is 0 Å². The van der Waals surface area contributed by atoms with Crippen molar-refractivity contribution >= 4 is 27.5 Å². The molecule has 0 aliphatic heterocycles. The average Bonchev–Trinajstić information content (AvgIpc) is 3.05. The molecule has 0 saturated carbocycles. The first-order valence-corrected chi connectivity index (χ1v) is 8.64. The highest BCUT2D eigenvalue weighted by Gasteiger charge is 2.18. The van der Waals surface area contributed by atoms with Crippen LogP contribution in [0.5, 0.6) is 0 Å². The highest BCUT2D eigenvalue weighted by Crippen LogP contribution is 2.33. The Bertz CT molecular complexity index is 1050. The van der Waals surface area contributed by atoms with Gasteiger partial charge in [0.1, 0.15) is 0 Å². The summed E-state index contributed by atoms with van der Waals surface area (Å²) >= 11 is 0. The van der Waals surface area contributed by atoms with E-state index in [4.69, 9.17) is 4.98 Å². The van der Waals surface area contributed by atoms with Gasteiger partial charge in [-0.2, -0.15) is 0 Å². The maximum Gasteiger partial charge on any atom is 0.0726 e. The number of nitrogens with one attached hydrogen (secondary N) is 1. The number of aromatic nitrogens is 2. The average molecular weight is 313 g/mol. The number of para-hydroxylation sites is 2. The van der Waals surface area contributed by atoms with Crippen molar-refractivity contribution < 1.29 is 0 Å². The summed E-state index contributed by atoms with van der Waals surface area (Å²) in [4.78, 5) is 4.92. The van der Waals surface area contributed by atoms with Crippen LogP contribution in [0.25, 0.3) is 21.8 Å². The number of pyridine rings is 1. The highest BCUT2D eigenvalue weighted by atomic mass is 15.4. The summed E-state index contributed by atoms with van der Waals surface area (Å²) in [5.74, 6) is 0. The van der Waals surface area contributed by atoms with Gasteiger partial charge in [-0.05, 0) is 49.4 Å². The summed E-state index contributed by atoms with van der Waals surface area (Å²) in [5, 5.41) is 2.45. The lowest BCUT2D eigenvalue weighted by Crippen LogP contribution is -2.14. The molecule has 2 aromatic carbocycles. The van der Waals surface area contributed by atoms with Crippen molar-refractivity contribution in [2.75, 3.05) is 5.43 Å². The summed E-state index contributed by atoms with van der Waals surface area (Å²) in [5.41, 5.74) is 9.82. The van der Waals surface area contributed by atoms with E-state index in [1.54, 1.807) is 0 Å². The number of nitrogens with zero attached hydrogens (tertiary/aromatic N) is 2. The lowest BCUT2D eigenvalue weighted by molar-refractivity contribution is 0.671. The van der Waals surface area contributed by atoms with E-state index in [1.165, 1.54) is 46.1 Å². The number of fused-ring (bicyclic) bond motifs is 3. The van der Waals surface area contributed by atoms with Crippen molar-refractivity contribution in [3.05, 3.63) is 72.1 Å². The van der Waals surface area contributed by atoms with Crippen LogP contribution in [0.3, 0.4) is 0 Å². The summed E-state index contributed by atoms with van der Waals surface area (Å²) < 4.78 is 2.13. The van der Waals surface area contributed by atoms with E-state index >= 15 is 0 Å². The molecule has 4 aromatic rings. The molecule has 0 unspecified atom stereocenters. The Hall–Kier alpha value is -2.81. The molecule has 1 aliphatic carbocycles. The first-order chi connectivity index (χ1) is 11.9. The zero-order chi connectivity index (χ0) is 15.9. The molecule has 0 fully saturated rings. The molecule has 0 saturated heterocycles. The van der Waals surface area contributed by atoms with Gasteiger partial charge in [-0.1, -0.05) is 36.4 Å². The number of hydrogen-bond donors (Lipinski definition) is 1. The fourth-order valence-electron chi connectivity index (χ4n) is 3.80. The van der Waals surface area contributed by atoms with Gasteiger partial charge in [-0.3, -0.25) is 15.1 Å². The van der Waals surface area contributed by atoms with Crippen molar-refractivity contribution in [3.63, 3.8) is 0 Å². The largest absolute Gasteiger partial charge is 0.293 e. The molecular formula is C21H19N3. The first kappa shape index (κ1) is 13.6. The fraction of sp³-hybridized carbons (Fsp3) is 0.190. The Morgan fingerprint density at radius 1 is 0.875 bits per heavy atom. The lowest BCUT2D eigenvalue weighted by Gasteiger charge is -2.22. The normalized spacial score (nSPS) is 14.0.